The van der Waals surface area contributed by atoms with Crippen LogP contribution in [0, 0.1) is 0 Å². The molecule has 1 aromatic carbocycles. The summed E-state index contributed by atoms with van der Waals surface area (Å²) in [5.41, 5.74) is 0.785. The Morgan fingerprint density at radius 1 is 1.19 bits per heavy atom. The predicted octanol–water partition coefficient (Wildman–Crippen LogP) is 0.901. The van der Waals surface area contributed by atoms with Crippen molar-refractivity contribution in [2.75, 3.05) is 24.6 Å². The van der Waals surface area contributed by atoms with Crippen LogP contribution in [0.25, 0.3) is 5.69 Å². The van der Waals surface area contributed by atoms with Crippen LogP contribution in [0.15, 0.2) is 36.5 Å². The highest BCUT2D eigenvalue weighted by molar-refractivity contribution is 7.91. The number of carbonyl (C=O) groups excluding carboxylic acids is 2. The minimum Gasteiger partial charge on any atom is -0.339 e. The average Bonchev–Trinajstić information content (AvgIpc) is 3.11. The minimum absolute atomic E-state index is 0.0539. The van der Waals surface area contributed by atoms with E-state index in [1.165, 1.54) is 15.6 Å². The SMILES string of the molecule is CC(NC(=O)c1ccn(-c2ccccc2Cl)n1)C(=O)N1CCS(=O)(=O)CC1. The lowest BCUT2D eigenvalue weighted by atomic mass is 10.2. The monoisotopic (exact) mass is 410 g/mol. The van der Waals surface area contributed by atoms with Gasteiger partial charge < -0.3 is 10.2 Å². The molecule has 0 aliphatic carbocycles. The van der Waals surface area contributed by atoms with E-state index in [0.717, 1.165) is 0 Å². The molecule has 8 nitrogen and oxygen atoms in total. The van der Waals surface area contributed by atoms with Gasteiger partial charge in [0.2, 0.25) is 5.91 Å². The third-order valence-electron chi connectivity index (χ3n) is 4.30. The molecule has 0 spiro atoms. The predicted molar refractivity (Wildman–Crippen MR) is 101 cm³/mol. The molecule has 10 heteroatoms. The van der Waals surface area contributed by atoms with E-state index in [9.17, 15) is 18.0 Å². The zero-order chi connectivity index (χ0) is 19.6. The van der Waals surface area contributed by atoms with Gasteiger partial charge in [-0.25, -0.2) is 13.1 Å². The fourth-order valence-electron chi connectivity index (χ4n) is 2.76. The second-order valence-electron chi connectivity index (χ2n) is 6.27. The van der Waals surface area contributed by atoms with Gasteiger partial charge in [-0.1, -0.05) is 23.7 Å². The van der Waals surface area contributed by atoms with Gasteiger partial charge in [0.1, 0.15) is 6.04 Å². The number of nitrogens with zero attached hydrogens (tertiary/aromatic N) is 3. The highest BCUT2D eigenvalue weighted by atomic mass is 35.5. The van der Waals surface area contributed by atoms with Gasteiger partial charge in [0.15, 0.2) is 15.5 Å². The summed E-state index contributed by atoms with van der Waals surface area (Å²) in [6.07, 6.45) is 1.61. The van der Waals surface area contributed by atoms with E-state index in [1.54, 1.807) is 31.3 Å². The topological polar surface area (TPSA) is 101 Å². The zero-order valence-corrected chi connectivity index (χ0v) is 16.2. The molecule has 1 aliphatic rings. The number of para-hydroxylation sites is 1. The largest absolute Gasteiger partial charge is 0.339 e. The van der Waals surface area contributed by atoms with Crippen LogP contribution in [-0.2, 0) is 14.6 Å². The van der Waals surface area contributed by atoms with Gasteiger partial charge in [0, 0.05) is 19.3 Å². The molecule has 0 bridgehead atoms. The molecule has 1 N–H and O–H groups in total. The maximum absolute atomic E-state index is 12.4. The van der Waals surface area contributed by atoms with Gasteiger partial charge >= 0.3 is 0 Å². The van der Waals surface area contributed by atoms with Crippen LogP contribution in [0.2, 0.25) is 5.02 Å². The maximum Gasteiger partial charge on any atom is 0.272 e. The molecule has 1 unspecified atom stereocenters. The van der Waals surface area contributed by atoms with Crippen molar-refractivity contribution in [2.45, 2.75) is 13.0 Å². The van der Waals surface area contributed by atoms with E-state index in [4.69, 9.17) is 11.6 Å². The van der Waals surface area contributed by atoms with Gasteiger partial charge in [-0.05, 0) is 25.1 Å². The van der Waals surface area contributed by atoms with Crippen LogP contribution in [0.5, 0.6) is 0 Å². The van der Waals surface area contributed by atoms with Gasteiger partial charge in [0.05, 0.1) is 22.2 Å². The van der Waals surface area contributed by atoms with Gasteiger partial charge in [-0.15, -0.1) is 0 Å². The normalized spacial score (nSPS) is 17.3. The van der Waals surface area contributed by atoms with E-state index < -0.39 is 21.8 Å². The standard InChI is InChI=1S/C17H19ClN4O4S/c1-12(17(24)21-8-10-27(25,26)11-9-21)19-16(23)14-6-7-22(20-14)15-5-3-2-4-13(15)18/h2-7,12H,8-11H2,1H3,(H,19,23). The maximum atomic E-state index is 12.4. The molecular weight excluding hydrogens is 392 g/mol. The van der Waals surface area contributed by atoms with Crippen LogP contribution >= 0.6 is 11.6 Å². The lowest BCUT2D eigenvalue weighted by Crippen LogP contribution is -2.51. The summed E-state index contributed by atoms with van der Waals surface area (Å²) in [5.74, 6) is -0.918. The van der Waals surface area contributed by atoms with Crippen LogP contribution in [0.3, 0.4) is 0 Å². The molecule has 3 rings (SSSR count). The molecule has 1 fully saturated rings. The number of rotatable bonds is 4. The Morgan fingerprint density at radius 2 is 1.85 bits per heavy atom. The number of benzene rings is 1. The van der Waals surface area contributed by atoms with Crippen molar-refractivity contribution in [3.63, 3.8) is 0 Å². The Bertz CT molecular complexity index is 959. The molecule has 2 amide bonds. The van der Waals surface area contributed by atoms with Crippen LogP contribution in [0.4, 0.5) is 0 Å². The summed E-state index contributed by atoms with van der Waals surface area (Å²) in [5, 5.41) is 7.30. The third kappa shape index (κ3) is 4.48. The van der Waals surface area contributed by atoms with Crippen molar-refractivity contribution in [1.29, 1.82) is 0 Å². The molecule has 1 atom stereocenters. The van der Waals surface area contributed by atoms with Gasteiger partial charge in [-0.2, -0.15) is 5.10 Å². The Labute approximate surface area is 162 Å². The Hall–Kier alpha value is -2.39. The number of nitrogens with one attached hydrogen (secondary N) is 1. The van der Waals surface area contributed by atoms with Crippen molar-refractivity contribution in [1.82, 2.24) is 20.0 Å². The number of carbonyl (C=O) groups is 2. The number of aromatic nitrogens is 2. The highest BCUT2D eigenvalue weighted by Gasteiger charge is 2.29. The summed E-state index contributed by atoms with van der Waals surface area (Å²) in [7, 11) is -3.07. The lowest BCUT2D eigenvalue weighted by Gasteiger charge is -2.29. The van der Waals surface area contributed by atoms with Crippen molar-refractivity contribution in [3.8, 4) is 5.69 Å². The van der Waals surface area contributed by atoms with Gasteiger partial charge in [-0.3, -0.25) is 9.59 Å². The number of sulfone groups is 1. The number of halogens is 1. The fraction of sp³-hybridized carbons (Fsp3) is 0.353. The number of amides is 2. The Morgan fingerprint density at radius 3 is 2.52 bits per heavy atom. The molecule has 0 radical (unpaired) electrons. The summed E-state index contributed by atoms with van der Waals surface area (Å²) >= 11 is 6.13. The summed E-state index contributed by atoms with van der Waals surface area (Å²) in [6, 6.07) is 7.84. The van der Waals surface area contributed by atoms with Gasteiger partial charge in [0.25, 0.3) is 5.91 Å². The van der Waals surface area contributed by atoms with Crippen molar-refractivity contribution in [3.05, 3.63) is 47.2 Å². The van der Waals surface area contributed by atoms with E-state index in [-0.39, 0.29) is 36.2 Å². The molecule has 2 aromatic rings. The minimum atomic E-state index is -3.07. The lowest BCUT2D eigenvalue weighted by molar-refractivity contribution is -0.132. The summed E-state index contributed by atoms with van der Waals surface area (Å²) in [6.45, 7) is 1.85. The van der Waals surface area contributed by atoms with Crippen molar-refractivity contribution in [2.24, 2.45) is 0 Å². The highest BCUT2D eigenvalue weighted by Crippen LogP contribution is 2.19. The smallest absolute Gasteiger partial charge is 0.272 e. The van der Waals surface area contributed by atoms with Crippen molar-refractivity contribution >= 4 is 33.3 Å². The Kier molecular flexibility index (Phi) is 5.52. The molecule has 2 heterocycles. The molecular formula is C17H19ClN4O4S. The molecule has 1 aromatic heterocycles. The molecule has 1 aliphatic heterocycles. The summed E-state index contributed by atoms with van der Waals surface area (Å²) in [4.78, 5) is 26.3. The Balaban J connectivity index is 1.64. The van der Waals surface area contributed by atoms with Crippen molar-refractivity contribution < 1.29 is 18.0 Å². The summed E-state index contributed by atoms with van der Waals surface area (Å²) < 4.78 is 24.4. The second kappa shape index (κ2) is 7.69. The van der Waals surface area contributed by atoms with Crippen LogP contribution < -0.4 is 5.32 Å². The molecule has 144 valence electrons. The molecule has 1 saturated heterocycles. The van der Waals surface area contributed by atoms with Crippen LogP contribution in [0.1, 0.15) is 17.4 Å². The first-order valence-electron chi connectivity index (χ1n) is 8.37. The van der Waals surface area contributed by atoms with Crippen LogP contribution in [-0.4, -0.2) is 65.5 Å². The molecule has 0 saturated carbocycles. The average molecular weight is 411 g/mol. The number of hydrogen-bond acceptors (Lipinski definition) is 5. The second-order valence-corrected chi connectivity index (χ2v) is 8.98. The number of hydrogen-bond donors (Lipinski definition) is 1. The molecule has 27 heavy (non-hydrogen) atoms. The van der Waals surface area contributed by atoms with E-state index in [2.05, 4.69) is 10.4 Å². The van der Waals surface area contributed by atoms with E-state index in [1.807, 2.05) is 6.07 Å². The first kappa shape index (κ1) is 19.4. The first-order valence-corrected chi connectivity index (χ1v) is 10.6. The third-order valence-corrected chi connectivity index (χ3v) is 6.22. The van der Waals surface area contributed by atoms with E-state index in [0.29, 0.717) is 10.7 Å². The first-order chi connectivity index (χ1) is 12.8. The quantitative estimate of drug-likeness (QED) is 0.806. The zero-order valence-electron chi connectivity index (χ0n) is 14.6. The van der Waals surface area contributed by atoms with E-state index >= 15 is 0 Å². The fourth-order valence-corrected chi connectivity index (χ4v) is 4.18.